The van der Waals surface area contributed by atoms with Crippen molar-refractivity contribution < 1.29 is 18.3 Å². The minimum atomic E-state index is -4.61. The monoisotopic (exact) mass is 317 g/mol. The van der Waals surface area contributed by atoms with Gasteiger partial charge in [-0.15, -0.1) is 0 Å². The van der Waals surface area contributed by atoms with Crippen LogP contribution in [0.3, 0.4) is 0 Å². The largest absolute Gasteiger partial charge is 0.506 e. The Hall–Kier alpha value is -2.74. The predicted molar refractivity (Wildman–Crippen MR) is 82.3 cm³/mol. The smallest absolute Gasteiger partial charge is 0.417 e. The van der Waals surface area contributed by atoms with Crippen molar-refractivity contribution in [1.29, 1.82) is 5.26 Å². The van der Waals surface area contributed by atoms with Crippen LogP contribution < -0.4 is 0 Å². The maximum atomic E-state index is 13.1. The van der Waals surface area contributed by atoms with Crippen molar-refractivity contribution >= 4 is 11.3 Å². The van der Waals surface area contributed by atoms with E-state index >= 15 is 0 Å². The summed E-state index contributed by atoms with van der Waals surface area (Å²) < 4.78 is 39.2. The highest BCUT2D eigenvalue weighted by Gasteiger charge is 2.34. The first-order valence-electron chi connectivity index (χ1n) is 6.97. The van der Waals surface area contributed by atoms with Crippen LogP contribution in [0.25, 0.3) is 11.3 Å². The van der Waals surface area contributed by atoms with Gasteiger partial charge in [-0.05, 0) is 23.6 Å². The minimum Gasteiger partial charge on any atom is -0.506 e. The molecular formula is C18H14F3NO. The Kier molecular flexibility index (Phi) is 4.75. The molecule has 118 valence electrons. The molecular weight excluding hydrogens is 303 g/mol. The highest BCUT2D eigenvalue weighted by Crippen LogP contribution is 2.36. The van der Waals surface area contributed by atoms with Crippen molar-refractivity contribution in [3.63, 3.8) is 0 Å². The Bertz CT molecular complexity index is 768. The zero-order valence-corrected chi connectivity index (χ0v) is 12.4. The molecule has 0 atom stereocenters. The van der Waals surface area contributed by atoms with E-state index < -0.39 is 23.1 Å². The second kappa shape index (κ2) is 6.57. The average Bonchev–Trinajstić information content (AvgIpc) is 2.55. The fraction of sp³-hybridized carbons (Fsp3) is 0.167. The standard InChI is InChI=1S/C18H14F3NO/c1-2-12-7-9-13(10-8-12)15(11-22)17(23)14-5-3-4-6-16(14)18(19,20)21/h3-10,23H,2H2,1H3. The lowest BCUT2D eigenvalue weighted by Gasteiger charge is -2.13. The second-order valence-corrected chi connectivity index (χ2v) is 4.93. The number of aliphatic hydroxyl groups is 1. The lowest BCUT2D eigenvalue weighted by atomic mass is 9.97. The highest BCUT2D eigenvalue weighted by atomic mass is 19.4. The molecule has 0 bridgehead atoms. The zero-order chi connectivity index (χ0) is 17.0. The van der Waals surface area contributed by atoms with Gasteiger partial charge in [0.2, 0.25) is 0 Å². The molecule has 0 radical (unpaired) electrons. The fourth-order valence-electron chi connectivity index (χ4n) is 2.23. The Morgan fingerprint density at radius 1 is 1.09 bits per heavy atom. The molecule has 0 aliphatic carbocycles. The zero-order valence-electron chi connectivity index (χ0n) is 12.4. The summed E-state index contributed by atoms with van der Waals surface area (Å²) in [6.45, 7) is 1.97. The Labute approximate surface area is 132 Å². The van der Waals surface area contributed by atoms with Gasteiger partial charge >= 0.3 is 6.18 Å². The summed E-state index contributed by atoms with van der Waals surface area (Å²) in [6.07, 6.45) is -3.81. The number of alkyl halides is 3. The maximum absolute atomic E-state index is 13.1. The van der Waals surface area contributed by atoms with E-state index in [1.807, 2.05) is 6.92 Å². The van der Waals surface area contributed by atoms with Crippen molar-refractivity contribution in [2.75, 3.05) is 0 Å². The lowest BCUT2D eigenvalue weighted by molar-refractivity contribution is -0.137. The van der Waals surface area contributed by atoms with Gasteiger partial charge in [0.1, 0.15) is 17.4 Å². The van der Waals surface area contributed by atoms with Crippen LogP contribution in [0, 0.1) is 11.3 Å². The first kappa shape index (κ1) is 16.6. The van der Waals surface area contributed by atoms with Crippen molar-refractivity contribution in [1.82, 2.24) is 0 Å². The molecule has 0 spiro atoms. The molecule has 2 aromatic rings. The predicted octanol–water partition coefficient (Wildman–Crippen LogP) is 5.22. The quantitative estimate of drug-likeness (QED) is 0.479. The number of nitrogens with zero attached hydrogens (tertiary/aromatic N) is 1. The summed E-state index contributed by atoms with van der Waals surface area (Å²) >= 11 is 0. The Balaban J connectivity index is 2.60. The minimum absolute atomic E-state index is 0.190. The number of nitriles is 1. The van der Waals surface area contributed by atoms with Crippen LogP contribution in [-0.2, 0) is 12.6 Å². The molecule has 0 aliphatic rings. The van der Waals surface area contributed by atoms with Crippen LogP contribution in [0.4, 0.5) is 13.2 Å². The Morgan fingerprint density at radius 2 is 1.70 bits per heavy atom. The van der Waals surface area contributed by atoms with Gasteiger partial charge in [-0.1, -0.05) is 49.4 Å². The third-order valence-corrected chi connectivity index (χ3v) is 3.49. The molecule has 2 rings (SSSR count). The second-order valence-electron chi connectivity index (χ2n) is 4.93. The molecule has 0 aromatic heterocycles. The molecule has 0 amide bonds. The van der Waals surface area contributed by atoms with Crippen LogP contribution in [0.5, 0.6) is 0 Å². The molecule has 0 heterocycles. The molecule has 0 saturated carbocycles. The van der Waals surface area contributed by atoms with Crippen molar-refractivity contribution in [3.05, 3.63) is 70.8 Å². The SMILES string of the molecule is CCc1ccc(C(C#N)=C(O)c2ccccc2C(F)(F)F)cc1. The number of aliphatic hydroxyl groups excluding tert-OH is 1. The van der Waals surface area contributed by atoms with Gasteiger partial charge in [-0.3, -0.25) is 0 Å². The van der Waals surface area contributed by atoms with Crippen molar-refractivity contribution in [2.24, 2.45) is 0 Å². The third-order valence-electron chi connectivity index (χ3n) is 3.49. The third kappa shape index (κ3) is 3.54. The number of benzene rings is 2. The maximum Gasteiger partial charge on any atom is 0.417 e. The van der Waals surface area contributed by atoms with Crippen LogP contribution in [0.15, 0.2) is 48.5 Å². The van der Waals surface area contributed by atoms with Gasteiger partial charge in [0, 0.05) is 5.56 Å². The molecule has 23 heavy (non-hydrogen) atoms. The average molecular weight is 317 g/mol. The molecule has 0 unspecified atom stereocenters. The molecule has 2 aromatic carbocycles. The molecule has 5 heteroatoms. The summed E-state index contributed by atoms with van der Waals surface area (Å²) in [5.74, 6) is -0.676. The number of allylic oxidation sites excluding steroid dienone is 1. The van der Waals surface area contributed by atoms with E-state index in [4.69, 9.17) is 0 Å². The van der Waals surface area contributed by atoms with E-state index in [1.54, 1.807) is 30.3 Å². The lowest BCUT2D eigenvalue weighted by Crippen LogP contribution is -2.09. The summed E-state index contributed by atoms with van der Waals surface area (Å²) in [5, 5.41) is 19.5. The molecule has 1 N–H and O–H groups in total. The van der Waals surface area contributed by atoms with Crippen LogP contribution in [0.1, 0.15) is 29.2 Å². The number of hydrogen-bond donors (Lipinski definition) is 1. The summed E-state index contributed by atoms with van der Waals surface area (Å²) in [5.41, 5.74) is -0.170. The highest BCUT2D eigenvalue weighted by molar-refractivity contribution is 5.94. The molecule has 0 fully saturated rings. The first-order chi connectivity index (χ1) is 10.9. The van der Waals surface area contributed by atoms with E-state index in [9.17, 15) is 23.5 Å². The number of rotatable bonds is 3. The van der Waals surface area contributed by atoms with Gasteiger partial charge in [-0.2, -0.15) is 18.4 Å². The van der Waals surface area contributed by atoms with Gasteiger partial charge in [-0.25, -0.2) is 0 Å². The van der Waals surface area contributed by atoms with Gasteiger partial charge < -0.3 is 5.11 Å². The van der Waals surface area contributed by atoms with E-state index in [0.29, 0.717) is 5.56 Å². The fourth-order valence-corrected chi connectivity index (χ4v) is 2.23. The van der Waals surface area contributed by atoms with Crippen LogP contribution in [-0.4, -0.2) is 5.11 Å². The number of aryl methyl sites for hydroxylation is 1. The van der Waals surface area contributed by atoms with Gasteiger partial charge in [0.15, 0.2) is 0 Å². The molecule has 0 saturated heterocycles. The number of halogens is 3. The topological polar surface area (TPSA) is 44.0 Å². The van der Waals surface area contributed by atoms with Gasteiger partial charge in [0.05, 0.1) is 5.56 Å². The normalized spacial score (nSPS) is 12.5. The van der Waals surface area contributed by atoms with Crippen LogP contribution >= 0.6 is 0 Å². The summed E-state index contributed by atoms with van der Waals surface area (Å²) in [7, 11) is 0. The molecule has 2 nitrogen and oxygen atoms in total. The van der Waals surface area contributed by atoms with Gasteiger partial charge in [0.25, 0.3) is 0 Å². The van der Waals surface area contributed by atoms with Crippen molar-refractivity contribution in [3.8, 4) is 6.07 Å². The number of hydrogen-bond acceptors (Lipinski definition) is 2. The molecule has 0 aliphatic heterocycles. The first-order valence-corrected chi connectivity index (χ1v) is 6.97. The van der Waals surface area contributed by atoms with Crippen LogP contribution in [0.2, 0.25) is 0 Å². The summed E-state index contributed by atoms with van der Waals surface area (Å²) in [4.78, 5) is 0. The van der Waals surface area contributed by atoms with E-state index in [2.05, 4.69) is 0 Å². The Morgan fingerprint density at radius 3 is 2.22 bits per heavy atom. The summed E-state index contributed by atoms with van der Waals surface area (Å²) in [6, 6.07) is 13.2. The van der Waals surface area contributed by atoms with E-state index in [-0.39, 0.29) is 5.57 Å². The van der Waals surface area contributed by atoms with E-state index in [0.717, 1.165) is 24.1 Å². The van der Waals surface area contributed by atoms with Crippen molar-refractivity contribution in [2.45, 2.75) is 19.5 Å². The van der Waals surface area contributed by atoms with E-state index in [1.165, 1.54) is 12.1 Å².